The van der Waals surface area contributed by atoms with Crippen LogP contribution in [0.1, 0.15) is 97.9 Å². The summed E-state index contributed by atoms with van der Waals surface area (Å²) in [6.07, 6.45) is 9.94. The van der Waals surface area contributed by atoms with Crippen molar-refractivity contribution in [3.8, 4) is 44.5 Å². The van der Waals surface area contributed by atoms with E-state index in [0.717, 1.165) is 12.1 Å². The third-order valence-corrected chi connectivity index (χ3v) is 18.0. The Balaban J connectivity index is 1.02. The van der Waals surface area contributed by atoms with Crippen molar-refractivity contribution in [3.05, 3.63) is 220 Å². The van der Waals surface area contributed by atoms with Crippen molar-refractivity contribution in [2.75, 3.05) is 4.90 Å². The minimum absolute atomic E-state index is 0.129. The maximum atomic E-state index is 2.66. The Hall–Kier alpha value is -7.48. The highest BCUT2D eigenvalue weighted by atomic mass is 15.1. The molecular weight excluding hydrogens is 855 g/mol. The van der Waals surface area contributed by atoms with E-state index in [1.807, 2.05) is 0 Å². The molecule has 11 aromatic rings. The molecule has 0 aliphatic heterocycles. The van der Waals surface area contributed by atoms with E-state index in [2.05, 4.69) is 209 Å². The van der Waals surface area contributed by atoms with Crippen molar-refractivity contribution in [1.29, 1.82) is 0 Å². The molecule has 0 radical (unpaired) electrons. The topological polar surface area (TPSA) is 3.24 Å². The molecule has 0 atom stereocenters. The fourth-order valence-electron chi connectivity index (χ4n) is 14.6. The Morgan fingerprint density at radius 3 is 1.69 bits per heavy atom. The molecule has 0 heterocycles. The van der Waals surface area contributed by atoms with Crippen molar-refractivity contribution >= 4 is 60.2 Å². The summed E-state index contributed by atoms with van der Waals surface area (Å²) in [5, 5.41) is 10.4. The average Bonchev–Trinajstić information content (AvgIpc) is 3.78. The van der Waals surface area contributed by atoms with Crippen LogP contribution in [0, 0.1) is 0 Å². The lowest BCUT2D eigenvalue weighted by molar-refractivity contribution is 0.641. The highest BCUT2D eigenvalue weighted by Crippen LogP contribution is 2.56. The minimum atomic E-state index is -0.150. The lowest BCUT2D eigenvalue weighted by atomic mass is 9.75. The molecule has 0 spiro atoms. The standard InChI is InChI=1S/C70H57N/c1-69(2)61-31-11-9-26-51(61)53-35-34-47(39-63(53)69)71(65-36-33-43-20-15-29-55-54-28-14-18-42-19-16-30-56(66(42)54)68(65)67(43)55)46-22-13-21-44(37-46)57-41-64-60(52-27-10-12-32-62(52)70(64,3)4)40-59(57)58-38-45-17-5-6-23-48(45)49-24-7-8-25-50(49)58/h9-16,18-22,26-41H,5-8,17,23-25H2,1-4H3. The van der Waals surface area contributed by atoms with Gasteiger partial charge in [0, 0.05) is 27.6 Å². The molecule has 15 rings (SSSR count). The summed E-state index contributed by atoms with van der Waals surface area (Å²) in [6, 6.07) is 68.5. The van der Waals surface area contributed by atoms with Crippen molar-refractivity contribution in [2.24, 2.45) is 0 Å². The highest BCUT2D eigenvalue weighted by molar-refractivity contribution is 6.35. The van der Waals surface area contributed by atoms with Crippen LogP contribution in [0.5, 0.6) is 0 Å². The minimum Gasteiger partial charge on any atom is -0.310 e. The van der Waals surface area contributed by atoms with E-state index in [1.54, 1.807) is 22.3 Å². The van der Waals surface area contributed by atoms with Crippen molar-refractivity contribution in [2.45, 2.75) is 89.9 Å². The first-order valence-corrected chi connectivity index (χ1v) is 26.4. The Kier molecular flexibility index (Phi) is 8.74. The second-order valence-electron chi connectivity index (χ2n) is 22.4. The molecule has 4 aliphatic carbocycles. The summed E-state index contributed by atoms with van der Waals surface area (Å²) in [5.74, 6) is 0. The van der Waals surface area contributed by atoms with E-state index in [1.165, 1.54) is 166 Å². The molecule has 342 valence electrons. The number of nitrogens with zero attached hydrogens (tertiary/aromatic N) is 1. The van der Waals surface area contributed by atoms with Gasteiger partial charge in [0.05, 0.1) is 5.69 Å². The summed E-state index contributed by atoms with van der Waals surface area (Å²) in [5.41, 5.74) is 26.4. The van der Waals surface area contributed by atoms with Crippen LogP contribution in [0.3, 0.4) is 0 Å². The summed E-state index contributed by atoms with van der Waals surface area (Å²) in [6.45, 7) is 9.69. The van der Waals surface area contributed by atoms with Gasteiger partial charge in [-0.25, -0.2) is 0 Å². The molecule has 0 N–H and O–H groups in total. The molecule has 71 heavy (non-hydrogen) atoms. The normalized spacial score (nSPS) is 15.9. The molecule has 0 aromatic heterocycles. The quantitative estimate of drug-likeness (QED) is 0.123. The number of hydrogen-bond acceptors (Lipinski definition) is 1. The van der Waals surface area contributed by atoms with Gasteiger partial charge in [-0.1, -0.05) is 161 Å². The molecule has 4 aliphatic rings. The third kappa shape index (κ3) is 5.81. The van der Waals surface area contributed by atoms with Gasteiger partial charge >= 0.3 is 0 Å². The Bertz CT molecular complexity index is 4060. The number of hydrogen-bond donors (Lipinski definition) is 0. The molecule has 11 aromatic carbocycles. The lowest BCUT2D eigenvalue weighted by Crippen LogP contribution is -2.17. The zero-order chi connectivity index (χ0) is 47.3. The number of fused-ring (bicyclic) bond motifs is 11. The smallest absolute Gasteiger partial charge is 0.0546 e. The summed E-state index contributed by atoms with van der Waals surface area (Å²) in [4.78, 5) is 2.61. The van der Waals surface area contributed by atoms with Crippen molar-refractivity contribution in [1.82, 2.24) is 0 Å². The van der Waals surface area contributed by atoms with Crippen LogP contribution in [0.2, 0.25) is 0 Å². The van der Waals surface area contributed by atoms with Gasteiger partial charge in [-0.15, -0.1) is 0 Å². The van der Waals surface area contributed by atoms with E-state index in [0.29, 0.717) is 0 Å². The number of aryl methyl sites for hydroxylation is 1. The van der Waals surface area contributed by atoms with Gasteiger partial charge in [-0.3, -0.25) is 0 Å². The van der Waals surface area contributed by atoms with E-state index >= 15 is 0 Å². The van der Waals surface area contributed by atoms with Crippen molar-refractivity contribution < 1.29 is 0 Å². The summed E-state index contributed by atoms with van der Waals surface area (Å²) >= 11 is 0. The SMILES string of the molecule is CC1(C)c2ccccc2-c2ccc(N(c3cccc(-c4cc5c(cc4-c4cc6c(c7c4CCCC7)CCCC6)-c4ccccc4C5(C)C)c3)c3ccc4cccc5c6cccc7cccc(c3c45)c76)cc21. The van der Waals surface area contributed by atoms with Crippen LogP contribution >= 0.6 is 0 Å². The van der Waals surface area contributed by atoms with Crippen LogP contribution in [-0.4, -0.2) is 0 Å². The maximum absolute atomic E-state index is 2.66. The lowest BCUT2D eigenvalue weighted by Gasteiger charge is -2.31. The molecule has 0 bridgehead atoms. The van der Waals surface area contributed by atoms with Gasteiger partial charge in [0.25, 0.3) is 0 Å². The Morgan fingerprint density at radius 1 is 0.338 bits per heavy atom. The molecule has 0 amide bonds. The van der Waals surface area contributed by atoms with Crippen molar-refractivity contribution in [3.63, 3.8) is 0 Å². The highest BCUT2D eigenvalue weighted by Gasteiger charge is 2.38. The maximum Gasteiger partial charge on any atom is 0.0546 e. The van der Waals surface area contributed by atoms with E-state index in [9.17, 15) is 0 Å². The van der Waals surface area contributed by atoms with Crippen LogP contribution in [0.4, 0.5) is 17.1 Å². The first-order valence-electron chi connectivity index (χ1n) is 26.4. The fourth-order valence-corrected chi connectivity index (χ4v) is 14.6. The molecule has 0 saturated carbocycles. The number of benzene rings is 11. The first-order chi connectivity index (χ1) is 34.7. The van der Waals surface area contributed by atoms with Gasteiger partial charge < -0.3 is 4.90 Å². The Morgan fingerprint density at radius 2 is 0.930 bits per heavy atom. The second-order valence-corrected chi connectivity index (χ2v) is 22.4. The number of anilines is 3. The molecule has 1 nitrogen and oxygen atoms in total. The Labute approximate surface area is 417 Å². The van der Waals surface area contributed by atoms with Gasteiger partial charge in [-0.05, 0) is 221 Å². The third-order valence-electron chi connectivity index (χ3n) is 18.0. The zero-order valence-corrected chi connectivity index (χ0v) is 41.3. The molecular formula is C70H57N. The predicted molar refractivity (Wildman–Crippen MR) is 302 cm³/mol. The average molecular weight is 912 g/mol. The molecule has 0 saturated heterocycles. The van der Waals surface area contributed by atoms with Crippen LogP contribution in [0.15, 0.2) is 176 Å². The van der Waals surface area contributed by atoms with E-state index < -0.39 is 0 Å². The largest absolute Gasteiger partial charge is 0.310 e. The predicted octanol–water partition coefficient (Wildman–Crippen LogP) is 18.9. The molecule has 0 unspecified atom stereocenters. The molecule has 1 heteroatoms. The number of rotatable bonds is 5. The van der Waals surface area contributed by atoms with E-state index in [-0.39, 0.29) is 10.8 Å². The van der Waals surface area contributed by atoms with Crippen LogP contribution < -0.4 is 4.90 Å². The summed E-state index contributed by atoms with van der Waals surface area (Å²) < 4.78 is 0. The van der Waals surface area contributed by atoms with Gasteiger partial charge in [-0.2, -0.15) is 0 Å². The first kappa shape index (κ1) is 41.3. The molecule has 0 fully saturated rings. The van der Waals surface area contributed by atoms with Gasteiger partial charge in [0.2, 0.25) is 0 Å². The second kappa shape index (κ2) is 15.0. The monoisotopic (exact) mass is 911 g/mol. The fraction of sp³-hybridized carbons (Fsp3) is 0.200. The van der Waals surface area contributed by atoms with Crippen LogP contribution in [-0.2, 0) is 36.5 Å². The summed E-state index contributed by atoms with van der Waals surface area (Å²) in [7, 11) is 0. The van der Waals surface area contributed by atoms with Gasteiger partial charge in [0.15, 0.2) is 0 Å². The zero-order valence-electron chi connectivity index (χ0n) is 41.3. The van der Waals surface area contributed by atoms with E-state index in [4.69, 9.17) is 0 Å². The van der Waals surface area contributed by atoms with Crippen LogP contribution in [0.25, 0.3) is 87.6 Å². The van der Waals surface area contributed by atoms with Gasteiger partial charge in [0.1, 0.15) is 0 Å².